The van der Waals surface area contributed by atoms with Gasteiger partial charge in [-0.25, -0.2) is 4.79 Å². The Bertz CT molecular complexity index is 964. The SMILES string of the molecule is CC(C)(C)OC(=O)N1CCN(C(=O)c2cccc(NC(C#N)=C(C#N)C#N)c2)CC1. The summed E-state index contributed by atoms with van der Waals surface area (Å²) >= 11 is 0. The van der Waals surface area contributed by atoms with Gasteiger partial charge in [0.15, 0.2) is 5.57 Å². The third-order valence-electron chi connectivity index (χ3n) is 4.18. The van der Waals surface area contributed by atoms with E-state index in [1.54, 1.807) is 73.0 Å². The smallest absolute Gasteiger partial charge is 0.410 e. The second-order valence-electron chi connectivity index (χ2n) is 7.55. The molecule has 1 N–H and O–H groups in total. The average Bonchev–Trinajstić information content (AvgIpc) is 2.72. The van der Waals surface area contributed by atoms with Crippen LogP contribution >= 0.6 is 0 Å². The molecule has 2 rings (SSSR count). The number of anilines is 1. The monoisotopic (exact) mass is 406 g/mol. The maximum atomic E-state index is 12.8. The predicted octanol–water partition coefficient (Wildman–Crippen LogP) is 2.62. The lowest BCUT2D eigenvalue weighted by Crippen LogP contribution is -2.51. The quantitative estimate of drug-likeness (QED) is 0.763. The maximum Gasteiger partial charge on any atom is 0.410 e. The van der Waals surface area contributed by atoms with E-state index >= 15 is 0 Å². The minimum Gasteiger partial charge on any atom is -0.444 e. The van der Waals surface area contributed by atoms with Crippen molar-refractivity contribution in [2.45, 2.75) is 26.4 Å². The van der Waals surface area contributed by atoms with Crippen LogP contribution in [0.15, 0.2) is 35.5 Å². The standard InChI is InChI=1S/C21H22N6O3/c1-21(2,3)30-20(29)27-9-7-26(8-10-27)19(28)15-5-4-6-17(11-15)25-18(14-24)16(12-22)13-23/h4-6,11,25H,7-10H2,1-3H3. The summed E-state index contributed by atoms with van der Waals surface area (Å²) in [7, 11) is 0. The van der Waals surface area contributed by atoms with Crippen molar-refractivity contribution < 1.29 is 14.3 Å². The van der Waals surface area contributed by atoms with Gasteiger partial charge >= 0.3 is 6.09 Å². The number of hydrogen-bond acceptors (Lipinski definition) is 7. The highest BCUT2D eigenvalue weighted by Crippen LogP contribution is 2.18. The van der Waals surface area contributed by atoms with Gasteiger partial charge in [-0.3, -0.25) is 4.79 Å². The van der Waals surface area contributed by atoms with Crippen molar-refractivity contribution in [3.05, 3.63) is 41.1 Å². The van der Waals surface area contributed by atoms with E-state index in [0.717, 1.165) is 0 Å². The molecule has 1 heterocycles. The highest BCUT2D eigenvalue weighted by molar-refractivity contribution is 5.95. The van der Waals surface area contributed by atoms with Gasteiger partial charge in [0.1, 0.15) is 29.5 Å². The van der Waals surface area contributed by atoms with Crippen molar-refractivity contribution in [2.24, 2.45) is 0 Å². The first-order valence-corrected chi connectivity index (χ1v) is 9.27. The van der Waals surface area contributed by atoms with Crippen LogP contribution in [0.5, 0.6) is 0 Å². The Morgan fingerprint density at radius 1 is 1.00 bits per heavy atom. The molecule has 0 spiro atoms. The van der Waals surface area contributed by atoms with Crippen LogP contribution in [-0.2, 0) is 4.74 Å². The second kappa shape index (κ2) is 9.45. The van der Waals surface area contributed by atoms with E-state index in [9.17, 15) is 9.59 Å². The fraction of sp³-hybridized carbons (Fsp3) is 0.381. The van der Waals surface area contributed by atoms with Gasteiger partial charge in [-0.1, -0.05) is 6.07 Å². The Kier molecular flexibility index (Phi) is 7.01. The van der Waals surface area contributed by atoms with Crippen molar-refractivity contribution in [3.8, 4) is 18.2 Å². The third kappa shape index (κ3) is 5.73. The third-order valence-corrected chi connectivity index (χ3v) is 4.18. The summed E-state index contributed by atoms with van der Waals surface area (Å²) in [6.07, 6.45) is -0.401. The number of hydrogen-bond donors (Lipinski definition) is 1. The molecule has 0 atom stereocenters. The minimum absolute atomic E-state index is 0.185. The van der Waals surface area contributed by atoms with Gasteiger partial charge in [0.2, 0.25) is 0 Å². The molecule has 0 aromatic heterocycles. The molecule has 0 bridgehead atoms. The number of nitrogens with zero attached hydrogens (tertiary/aromatic N) is 5. The summed E-state index contributed by atoms with van der Waals surface area (Å²) in [5.74, 6) is -0.217. The molecule has 1 fully saturated rings. The Morgan fingerprint density at radius 2 is 1.60 bits per heavy atom. The molecule has 9 heteroatoms. The van der Waals surface area contributed by atoms with Crippen molar-refractivity contribution in [3.63, 3.8) is 0 Å². The zero-order valence-corrected chi connectivity index (χ0v) is 17.1. The van der Waals surface area contributed by atoms with E-state index in [1.165, 1.54) is 0 Å². The lowest BCUT2D eigenvalue weighted by molar-refractivity contribution is 0.0141. The summed E-state index contributed by atoms with van der Waals surface area (Å²) in [5.41, 5.74) is -0.306. The highest BCUT2D eigenvalue weighted by atomic mass is 16.6. The number of ether oxygens (including phenoxy) is 1. The molecule has 1 aliphatic heterocycles. The van der Waals surface area contributed by atoms with Gasteiger partial charge in [0, 0.05) is 37.4 Å². The summed E-state index contributed by atoms with van der Waals surface area (Å²) < 4.78 is 5.36. The Balaban J connectivity index is 2.06. The lowest BCUT2D eigenvalue weighted by Gasteiger charge is -2.35. The number of nitriles is 3. The number of benzene rings is 1. The van der Waals surface area contributed by atoms with E-state index in [-0.39, 0.29) is 17.2 Å². The Labute approximate surface area is 175 Å². The summed E-state index contributed by atoms with van der Waals surface area (Å²) in [6.45, 7) is 6.87. The molecule has 2 amide bonds. The predicted molar refractivity (Wildman–Crippen MR) is 108 cm³/mol. The fourth-order valence-corrected chi connectivity index (χ4v) is 2.76. The molecule has 1 aliphatic rings. The first kappa shape index (κ1) is 22.3. The van der Waals surface area contributed by atoms with Crippen molar-refractivity contribution in [1.82, 2.24) is 9.80 Å². The molecule has 9 nitrogen and oxygen atoms in total. The van der Waals surface area contributed by atoms with Crippen LogP contribution in [0.2, 0.25) is 0 Å². The van der Waals surface area contributed by atoms with E-state index in [2.05, 4.69) is 5.32 Å². The van der Waals surface area contributed by atoms with Crippen LogP contribution in [0.1, 0.15) is 31.1 Å². The number of nitrogens with one attached hydrogen (secondary N) is 1. The molecule has 1 saturated heterocycles. The molecule has 0 radical (unpaired) electrons. The van der Waals surface area contributed by atoms with Gasteiger partial charge < -0.3 is 19.9 Å². The molecule has 0 unspecified atom stereocenters. The highest BCUT2D eigenvalue weighted by Gasteiger charge is 2.28. The normalized spacial score (nSPS) is 13.3. The Morgan fingerprint density at radius 3 is 2.13 bits per heavy atom. The van der Waals surface area contributed by atoms with Crippen molar-refractivity contribution in [2.75, 3.05) is 31.5 Å². The van der Waals surface area contributed by atoms with Crippen LogP contribution in [0.25, 0.3) is 0 Å². The molecular weight excluding hydrogens is 384 g/mol. The van der Waals surface area contributed by atoms with Gasteiger partial charge in [0.05, 0.1) is 0 Å². The number of carbonyl (C=O) groups is 2. The lowest BCUT2D eigenvalue weighted by atomic mass is 10.1. The zero-order valence-electron chi connectivity index (χ0n) is 17.1. The molecule has 1 aromatic rings. The minimum atomic E-state index is -0.578. The van der Waals surface area contributed by atoms with Crippen LogP contribution in [0.4, 0.5) is 10.5 Å². The first-order valence-electron chi connectivity index (χ1n) is 9.27. The van der Waals surface area contributed by atoms with Crippen molar-refractivity contribution in [1.29, 1.82) is 15.8 Å². The summed E-state index contributed by atoms with van der Waals surface area (Å²) in [6, 6.07) is 11.5. The van der Waals surface area contributed by atoms with Gasteiger partial charge in [-0.15, -0.1) is 0 Å². The van der Waals surface area contributed by atoms with E-state index in [4.69, 9.17) is 20.5 Å². The fourth-order valence-electron chi connectivity index (χ4n) is 2.76. The first-order chi connectivity index (χ1) is 14.2. The number of allylic oxidation sites excluding steroid dienone is 2. The topological polar surface area (TPSA) is 133 Å². The maximum absolute atomic E-state index is 12.8. The molecular formula is C21H22N6O3. The Hall–Kier alpha value is -4.03. The molecule has 0 saturated carbocycles. The van der Waals surface area contributed by atoms with Crippen LogP contribution in [-0.4, -0.2) is 53.6 Å². The van der Waals surface area contributed by atoms with Crippen LogP contribution in [0, 0.1) is 34.0 Å². The summed E-state index contributed by atoms with van der Waals surface area (Å²) in [4.78, 5) is 28.2. The van der Waals surface area contributed by atoms with Crippen LogP contribution < -0.4 is 5.32 Å². The average molecular weight is 406 g/mol. The number of rotatable bonds is 3. The van der Waals surface area contributed by atoms with E-state index < -0.39 is 11.7 Å². The number of carbonyl (C=O) groups excluding carboxylic acids is 2. The largest absolute Gasteiger partial charge is 0.444 e. The van der Waals surface area contributed by atoms with Gasteiger partial charge in [-0.2, -0.15) is 15.8 Å². The molecule has 1 aromatic carbocycles. The van der Waals surface area contributed by atoms with E-state index in [1.807, 2.05) is 0 Å². The number of amides is 2. The van der Waals surface area contributed by atoms with Crippen LogP contribution in [0.3, 0.4) is 0 Å². The summed E-state index contributed by atoms with van der Waals surface area (Å²) in [5, 5.41) is 29.7. The molecule has 154 valence electrons. The number of piperazine rings is 1. The zero-order chi connectivity index (χ0) is 22.3. The van der Waals surface area contributed by atoms with E-state index in [0.29, 0.717) is 37.4 Å². The van der Waals surface area contributed by atoms with Gasteiger partial charge in [0.25, 0.3) is 5.91 Å². The molecule has 0 aliphatic carbocycles. The van der Waals surface area contributed by atoms with Gasteiger partial charge in [-0.05, 0) is 39.0 Å². The molecule has 30 heavy (non-hydrogen) atoms. The van der Waals surface area contributed by atoms with Crippen molar-refractivity contribution >= 4 is 17.7 Å². The second-order valence-corrected chi connectivity index (χ2v) is 7.55.